The second-order valence-corrected chi connectivity index (χ2v) is 8.30. The predicted molar refractivity (Wildman–Crippen MR) is 108 cm³/mol. The fraction of sp³-hybridized carbons (Fsp3) is 0.476. The van der Waals surface area contributed by atoms with Crippen molar-refractivity contribution in [3.05, 3.63) is 41.7 Å². The van der Waals surface area contributed by atoms with Crippen LogP contribution in [0.5, 0.6) is 0 Å². The van der Waals surface area contributed by atoms with E-state index in [1.807, 2.05) is 6.20 Å². The van der Waals surface area contributed by atoms with E-state index in [1.165, 1.54) is 12.4 Å². The molecule has 3 heterocycles. The molecule has 0 bridgehead atoms. The first kappa shape index (κ1) is 19.1. The van der Waals surface area contributed by atoms with E-state index < -0.39 is 11.7 Å². The number of hydrogen-bond donors (Lipinski definition) is 3. The standard InChI is InChI=1S/C21H23F3N6/c22-16-8-12(9-25-18(16)29-15-3-5-21(23,24)6-4-15)7-13-10-26-19-17(13)20(28-11-27-19)30-14-1-2-14/h8-11,14-15H,1-7H2,(H,25,29)(H2,26,27,28,30). The zero-order valence-electron chi connectivity index (χ0n) is 16.4. The smallest absolute Gasteiger partial charge is 0.248 e. The third-order valence-corrected chi connectivity index (χ3v) is 5.82. The molecule has 0 amide bonds. The maximum Gasteiger partial charge on any atom is 0.248 e. The SMILES string of the molecule is Fc1cc(Cc2c[nH]c3ncnc(NC4CC4)c23)cnc1NC1CCC(F)(F)CC1. The number of nitrogens with one attached hydrogen (secondary N) is 3. The van der Waals surface area contributed by atoms with Crippen molar-refractivity contribution in [1.82, 2.24) is 19.9 Å². The quantitative estimate of drug-likeness (QED) is 0.545. The van der Waals surface area contributed by atoms with Crippen LogP contribution in [0.4, 0.5) is 24.8 Å². The van der Waals surface area contributed by atoms with Gasteiger partial charge in [-0.05, 0) is 42.9 Å². The molecule has 0 aromatic carbocycles. The first-order chi connectivity index (χ1) is 14.5. The summed E-state index contributed by atoms with van der Waals surface area (Å²) in [5, 5.41) is 7.32. The molecule has 0 aliphatic heterocycles. The summed E-state index contributed by atoms with van der Waals surface area (Å²) < 4.78 is 41.3. The van der Waals surface area contributed by atoms with Crippen molar-refractivity contribution >= 4 is 22.7 Å². The molecule has 5 rings (SSSR count). The second kappa shape index (κ2) is 7.45. The molecular weight excluding hydrogens is 393 g/mol. The van der Waals surface area contributed by atoms with Gasteiger partial charge in [0.1, 0.15) is 17.8 Å². The molecule has 2 fully saturated rings. The van der Waals surface area contributed by atoms with Crippen LogP contribution >= 0.6 is 0 Å². The van der Waals surface area contributed by atoms with Crippen LogP contribution in [0.2, 0.25) is 0 Å². The van der Waals surface area contributed by atoms with Gasteiger partial charge in [-0.25, -0.2) is 28.1 Å². The third-order valence-electron chi connectivity index (χ3n) is 5.82. The molecule has 3 N–H and O–H groups in total. The van der Waals surface area contributed by atoms with Crippen molar-refractivity contribution in [2.45, 2.75) is 63.0 Å². The normalized spacial score (nSPS) is 19.2. The first-order valence-electron chi connectivity index (χ1n) is 10.3. The van der Waals surface area contributed by atoms with Crippen molar-refractivity contribution in [2.24, 2.45) is 0 Å². The van der Waals surface area contributed by atoms with E-state index in [0.29, 0.717) is 25.3 Å². The Morgan fingerprint density at radius 1 is 1.00 bits per heavy atom. The Labute approximate surface area is 171 Å². The number of halogens is 3. The Hall–Kier alpha value is -2.84. The summed E-state index contributed by atoms with van der Waals surface area (Å²) >= 11 is 0. The average molecular weight is 416 g/mol. The highest BCUT2D eigenvalue weighted by molar-refractivity contribution is 5.90. The molecule has 6 nitrogen and oxygen atoms in total. The fourth-order valence-corrected chi connectivity index (χ4v) is 3.97. The lowest BCUT2D eigenvalue weighted by Gasteiger charge is -2.29. The Balaban J connectivity index is 1.32. The number of aromatic amines is 1. The molecule has 0 spiro atoms. The van der Waals surface area contributed by atoms with Crippen LogP contribution in [0, 0.1) is 5.82 Å². The van der Waals surface area contributed by atoms with Gasteiger partial charge in [0.15, 0.2) is 11.6 Å². The molecule has 30 heavy (non-hydrogen) atoms. The van der Waals surface area contributed by atoms with Crippen LogP contribution in [-0.2, 0) is 6.42 Å². The van der Waals surface area contributed by atoms with Gasteiger partial charge < -0.3 is 15.6 Å². The number of anilines is 2. The van der Waals surface area contributed by atoms with Gasteiger partial charge in [0.25, 0.3) is 0 Å². The van der Waals surface area contributed by atoms with Crippen LogP contribution in [-0.4, -0.2) is 37.9 Å². The van der Waals surface area contributed by atoms with Gasteiger partial charge in [-0.2, -0.15) is 0 Å². The maximum atomic E-state index is 14.6. The summed E-state index contributed by atoms with van der Waals surface area (Å²) in [7, 11) is 0. The molecule has 3 aromatic rings. The number of fused-ring (bicyclic) bond motifs is 1. The van der Waals surface area contributed by atoms with Crippen molar-refractivity contribution < 1.29 is 13.2 Å². The van der Waals surface area contributed by atoms with E-state index in [2.05, 4.69) is 30.6 Å². The van der Waals surface area contributed by atoms with Crippen LogP contribution < -0.4 is 10.6 Å². The third kappa shape index (κ3) is 4.06. The number of aromatic nitrogens is 4. The van der Waals surface area contributed by atoms with Gasteiger partial charge in [-0.3, -0.25) is 0 Å². The molecule has 2 aliphatic rings. The van der Waals surface area contributed by atoms with Gasteiger partial charge >= 0.3 is 0 Å². The van der Waals surface area contributed by atoms with Crippen LogP contribution in [0.1, 0.15) is 49.7 Å². The molecule has 3 aromatic heterocycles. The summed E-state index contributed by atoms with van der Waals surface area (Å²) in [5.41, 5.74) is 2.42. The summed E-state index contributed by atoms with van der Waals surface area (Å²) in [5.74, 6) is -2.17. The summed E-state index contributed by atoms with van der Waals surface area (Å²) in [6, 6.07) is 1.72. The monoisotopic (exact) mass is 416 g/mol. The van der Waals surface area contributed by atoms with E-state index in [4.69, 9.17) is 0 Å². The Morgan fingerprint density at radius 2 is 1.73 bits per heavy atom. The fourth-order valence-electron chi connectivity index (χ4n) is 3.97. The van der Waals surface area contributed by atoms with E-state index in [9.17, 15) is 13.2 Å². The topological polar surface area (TPSA) is 78.5 Å². The van der Waals surface area contributed by atoms with E-state index in [0.717, 1.165) is 40.8 Å². The number of H-pyrrole nitrogens is 1. The first-order valence-corrected chi connectivity index (χ1v) is 10.3. The van der Waals surface area contributed by atoms with Crippen LogP contribution in [0.15, 0.2) is 24.8 Å². The predicted octanol–water partition coefficient (Wildman–Crippen LogP) is 4.65. The molecule has 158 valence electrons. The molecule has 2 saturated carbocycles. The summed E-state index contributed by atoms with van der Waals surface area (Å²) in [6.07, 6.45) is 8.02. The zero-order valence-corrected chi connectivity index (χ0v) is 16.4. The average Bonchev–Trinajstić information content (AvgIpc) is 3.44. The Morgan fingerprint density at radius 3 is 2.47 bits per heavy atom. The largest absolute Gasteiger partial charge is 0.367 e. The summed E-state index contributed by atoms with van der Waals surface area (Å²) in [4.78, 5) is 16.0. The Bertz CT molecular complexity index is 1050. The molecule has 0 atom stereocenters. The lowest BCUT2D eigenvalue weighted by Crippen LogP contribution is -2.32. The number of alkyl halides is 2. The lowest BCUT2D eigenvalue weighted by atomic mass is 9.92. The minimum Gasteiger partial charge on any atom is -0.367 e. The number of hydrogen-bond acceptors (Lipinski definition) is 5. The maximum absolute atomic E-state index is 14.6. The molecule has 2 aliphatic carbocycles. The molecule has 0 radical (unpaired) electrons. The van der Waals surface area contributed by atoms with E-state index in [-0.39, 0.29) is 24.7 Å². The van der Waals surface area contributed by atoms with Crippen molar-refractivity contribution in [3.63, 3.8) is 0 Å². The van der Waals surface area contributed by atoms with Crippen molar-refractivity contribution in [1.29, 1.82) is 0 Å². The van der Waals surface area contributed by atoms with E-state index in [1.54, 1.807) is 6.20 Å². The van der Waals surface area contributed by atoms with E-state index >= 15 is 0 Å². The molecular formula is C21H23F3N6. The summed E-state index contributed by atoms with van der Waals surface area (Å²) in [6.45, 7) is 0. The highest BCUT2D eigenvalue weighted by atomic mass is 19.3. The number of rotatable bonds is 6. The molecule has 0 unspecified atom stereocenters. The number of nitrogens with zero attached hydrogens (tertiary/aromatic N) is 3. The van der Waals surface area contributed by atoms with Crippen molar-refractivity contribution in [3.8, 4) is 0 Å². The minimum atomic E-state index is -2.61. The lowest BCUT2D eigenvalue weighted by molar-refractivity contribution is -0.0361. The van der Waals surface area contributed by atoms with Crippen LogP contribution in [0.3, 0.4) is 0 Å². The molecule has 9 heteroatoms. The second-order valence-electron chi connectivity index (χ2n) is 8.30. The van der Waals surface area contributed by atoms with Crippen molar-refractivity contribution in [2.75, 3.05) is 10.6 Å². The highest BCUT2D eigenvalue weighted by Crippen LogP contribution is 2.34. The number of pyridine rings is 1. The van der Waals surface area contributed by atoms with Gasteiger partial charge in [-0.1, -0.05) is 0 Å². The van der Waals surface area contributed by atoms with Gasteiger partial charge in [0, 0.05) is 43.7 Å². The van der Waals surface area contributed by atoms with Gasteiger partial charge in [0.2, 0.25) is 5.92 Å². The minimum absolute atomic E-state index is 0.118. The Kier molecular flexibility index (Phi) is 4.75. The van der Waals surface area contributed by atoms with Crippen LogP contribution in [0.25, 0.3) is 11.0 Å². The van der Waals surface area contributed by atoms with Gasteiger partial charge in [0.05, 0.1) is 5.39 Å². The molecule has 0 saturated heterocycles. The highest BCUT2D eigenvalue weighted by Gasteiger charge is 2.35. The zero-order chi connectivity index (χ0) is 20.7. The van der Waals surface area contributed by atoms with Gasteiger partial charge in [-0.15, -0.1) is 0 Å².